The van der Waals surface area contributed by atoms with Gasteiger partial charge >= 0.3 is 5.97 Å². The van der Waals surface area contributed by atoms with Gasteiger partial charge in [-0.3, -0.25) is 0 Å². The number of ether oxygens (including phenoxy) is 1. The highest BCUT2D eigenvalue weighted by molar-refractivity contribution is 7.91. The van der Waals surface area contributed by atoms with Crippen molar-refractivity contribution in [1.82, 2.24) is 0 Å². The van der Waals surface area contributed by atoms with Crippen molar-refractivity contribution in [3.63, 3.8) is 0 Å². The lowest BCUT2D eigenvalue weighted by Crippen LogP contribution is -2.41. The molecule has 1 saturated carbocycles. The summed E-state index contributed by atoms with van der Waals surface area (Å²) in [5, 5.41) is -0.915. The Balaban J connectivity index is 2.40. The summed E-state index contributed by atoms with van der Waals surface area (Å²) >= 11 is 0. The maximum absolute atomic E-state index is 12.0. The largest absolute Gasteiger partial charge is 0.465 e. The summed E-state index contributed by atoms with van der Waals surface area (Å²) in [5.74, 6) is -1.19. The zero-order chi connectivity index (χ0) is 14.3. The van der Waals surface area contributed by atoms with Gasteiger partial charge in [0.1, 0.15) is 5.54 Å². The van der Waals surface area contributed by atoms with Gasteiger partial charge in [0, 0.05) is 12.2 Å². The smallest absolute Gasteiger partial charge is 0.328 e. The zero-order valence-electron chi connectivity index (χ0n) is 10.9. The molecule has 2 rings (SSSR count). The minimum absolute atomic E-state index is 0.176. The molecule has 0 unspecified atom stereocenters. The molecule has 0 heterocycles. The Morgan fingerprint density at radius 1 is 1.37 bits per heavy atom. The molecule has 3 atom stereocenters. The van der Waals surface area contributed by atoms with Gasteiger partial charge < -0.3 is 10.5 Å². The molecule has 104 valence electrons. The molecule has 6 heteroatoms. The fourth-order valence-electron chi connectivity index (χ4n) is 2.59. The number of carbonyl (C=O) groups excluding carboxylic acids is 1. The van der Waals surface area contributed by atoms with Crippen molar-refractivity contribution in [2.45, 2.75) is 23.6 Å². The topological polar surface area (TPSA) is 86.5 Å². The number of carbonyl (C=O) groups is 1. The van der Waals surface area contributed by atoms with Gasteiger partial charge in [-0.15, -0.1) is 0 Å². The van der Waals surface area contributed by atoms with Crippen LogP contribution in [0.4, 0.5) is 0 Å². The number of sulfone groups is 1. The van der Waals surface area contributed by atoms with Crippen LogP contribution in [-0.2, 0) is 19.4 Å². The average molecular weight is 283 g/mol. The Morgan fingerprint density at radius 3 is 2.42 bits per heavy atom. The molecule has 0 saturated heterocycles. The summed E-state index contributed by atoms with van der Waals surface area (Å²) in [5.41, 5.74) is 5.31. The van der Waals surface area contributed by atoms with Crippen molar-refractivity contribution < 1.29 is 17.9 Å². The van der Waals surface area contributed by atoms with E-state index in [1.54, 1.807) is 31.2 Å². The van der Waals surface area contributed by atoms with E-state index < -0.39 is 32.5 Å². The first kappa shape index (κ1) is 14.0. The molecule has 1 fully saturated rings. The fraction of sp³-hybridized carbons (Fsp3) is 0.462. The van der Waals surface area contributed by atoms with Crippen LogP contribution in [0.25, 0.3) is 0 Å². The standard InChI is InChI=1S/C13H17NO4S/c1-3-18-12(15)13(14)10(11(13)19(2,16)17)9-7-5-4-6-8-9/h4-8,10-11H,3,14H2,1-2H3/t10-,11+,13-/m1/s1. The first-order chi connectivity index (χ1) is 8.83. The number of benzene rings is 1. The third kappa shape index (κ3) is 2.26. The lowest BCUT2D eigenvalue weighted by Gasteiger charge is -2.10. The van der Waals surface area contributed by atoms with Crippen molar-refractivity contribution in [2.75, 3.05) is 12.9 Å². The van der Waals surface area contributed by atoms with E-state index in [2.05, 4.69) is 0 Å². The molecular weight excluding hydrogens is 266 g/mol. The van der Waals surface area contributed by atoms with Gasteiger partial charge in [0.15, 0.2) is 9.84 Å². The third-order valence-electron chi connectivity index (χ3n) is 3.43. The Bertz CT molecular complexity index is 584. The van der Waals surface area contributed by atoms with Gasteiger partial charge in [-0.2, -0.15) is 0 Å². The summed E-state index contributed by atoms with van der Waals surface area (Å²) in [4.78, 5) is 12.0. The maximum atomic E-state index is 12.0. The number of rotatable bonds is 4. The van der Waals surface area contributed by atoms with Crippen LogP contribution in [0.5, 0.6) is 0 Å². The van der Waals surface area contributed by atoms with E-state index in [1.165, 1.54) is 0 Å². The summed E-state index contributed by atoms with van der Waals surface area (Å²) in [7, 11) is -3.42. The van der Waals surface area contributed by atoms with Crippen LogP contribution in [0.2, 0.25) is 0 Å². The van der Waals surface area contributed by atoms with Gasteiger partial charge in [0.05, 0.1) is 11.9 Å². The second kappa shape index (κ2) is 4.61. The van der Waals surface area contributed by atoms with Gasteiger partial charge in [0.2, 0.25) is 0 Å². The fourth-order valence-corrected chi connectivity index (χ4v) is 4.34. The number of hydrogen-bond acceptors (Lipinski definition) is 5. The molecule has 1 aromatic rings. The Hall–Kier alpha value is -1.40. The third-order valence-corrected chi connectivity index (χ3v) is 5.01. The van der Waals surface area contributed by atoms with E-state index in [1.807, 2.05) is 6.07 Å². The first-order valence-corrected chi connectivity index (χ1v) is 7.98. The Morgan fingerprint density at radius 2 is 1.95 bits per heavy atom. The van der Waals surface area contributed by atoms with Crippen LogP contribution in [0.15, 0.2) is 30.3 Å². The summed E-state index contributed by atoms with van der Waals surface area (Å²) in [6.45, 7) is 1.84. The molecule has 0 aromatic heterocycles. The van der Waals surface area contributed by atoms with Crippen molar-refractivity contribution in [2.24, 2.45) is 5.73 Å². The molecule has 5 nitrogen and oxygen atoms in total. The van der Waals surface area contributed by atoms with Crippen LogP contribution in [0.1, 0.15) is 18.4 Å². The molecule has 1 aliphatic rings. The van der Waals surface area contributed by atoms with Gasteiger partial charge in [-0.05, 0) is 12.5 Å². The zero-order valence-corrected chi connectivity index (χ0v) is 11.7. The van der Waals surface area contributed by atoms with Crippen molar-refractivity contribution in [3.8, 4) is 0 Å². The molecular formula is C13H17NO4S. The molecule has 2 N–H and O–H groups in total. The summed E-state index contributed by atoms with van der Waals surface area (Å²) in [6, 6.07) is 8.95. The van der Waals surface area contributed by atoms with Crippen LogP contribution in [0.3, 0.4) is 0 Å². The number of esters is 1. The monoisotopic (exact) mass is 283 g/mol. The highest BCUT2D eigenvalue weighted by Crippen LogP contribution is 2.54. The van der Waals surface area contributed by atoms with E-state index >= 15 is 0 Å². The molecule has 0 bridgehead atoms. The van der Waals surface area contributed by atoms with Crippen molar-refractivity contribution in [3.05, 3.63) is 35.9 Å². The first-order valence-electron chi connectivity index (χ1n) is 6.03. The maximum Gasteiger partial charge on any atom is 0.328 e. The van der Waals surface area contributed by atoms with Gasteiger partial charge in [0.25, 0.3) is 0 Å². The quantitative estimate of drug-likeness (QED) is 0.811. The second-order valence-electron chi connectivity index (χ2n) is 4.79. The predicted octanol–water partition coefficient (Wildman–Crippen LogP) is 0.458. The minimum Gasteiger partial charge on any atom is -0.465 e. The molecule has 19 heavy (non-hydrogen) atoms. The van der Waals surface area contributed by atoms with E-state index in [-0.39, 0.29) is 6.61 Å². The number of hydrogen-bond donors (Lipinski definition) is 1. The average Bonchev–Trinajstić information content (AvgIpc) is 2.99. The Kier molecular flexibility index (Phi) is 3.40. The van der Waals surface area contributed by atoms with Gasteiger partial charge in [-0.25, -0.2) is 13.2 Å². The van der Waals surface area contributed by atoms with Crippen molar-refractivity contribution >= 4 is 15.8 Å². The molecule has 0 spiro atoms. The molecule has 0 aliphatic heterocycles. The molecule has 0 amide bonds. The SMILES string of the molecule is CCOC(=O)[C@@]1(N)[C@H](c2ccccc2)[C@@H]1S(C)(=O)=O. The van der Waals surface area contributed by atoms with Crippen LogP contribution in [0, 0.1) is 0 Å². The number of nitrogens with two attached hydrogens (primary N) is 1. The second-order valence-corrected chi connectivity index (χ2v) is 6.96. The van der Waals surface area contributed by atoms with Crippen LogP contribution in [-0.4, -0.2) is 38.0 Å². The van der Waals surface area contributed by atoms with Gasteiger partial charge in [-0.1, -0.05) is 30.3 Å². The summed E-state index contributed by atoms with van der Waals surface area (Å²) in [6.07, 6.45) is 1.10. The van der Waals surface area contributed by atoms with Crippen molar-refractivity contribution in [1.29, 1.82) is 0 Å². The predicted molar refractivity (Wildman–Crippen MR) is 71.4 cm³/mol. The van der Waals surface area contributed by atoms with E-state index in [9.17, 15) is 13.2 Å². The highest BCUT2D eigenvalue weighted by Gasteiger charge is 2.73. The molecule has 1 aliphatic carbocycles. The van der Waals surface area contributed by atoms with Crippen LogP contribution >= 0.6 is 0 Å². The molecule has 1 aromatic carbocycles. The lowest BCUT2D eigenvalue weighted by atomic mass is 10.1. The Labute approximate surface area is 112 Å². The molecule has 0 radical (unpaired) electrons. The van der Waals surface area contributed by atoms with Crippen LogP contribution < -0.4 is 5.73 Å². The van der Waals surface area contributed by atoms with E-state index in [4.69, 9.17) is 10.5 Å². The van der Waals surface area contributed by atoms with E-state index in [0.717, 1.165) is 11.8 Å². The lowest BCUT2D eigenvalue weighted by molar-refractivity contribution is -0.145. The highest BCUT2D eigenvalue weighted by atomic mass is 32.2. The van der Waals surface area contributed by atoms with E-state index in [0.29, 0.717) is 0 Å². The minimum atomic E-state index is -3.42. The summed E-state index contributed by atoms with van der Waals surface area (Å²) < 4.78 is 28.5. The normalized spacial score (nSPS) is 29.8.